The second-order valence-corrected chi connectivity index (χ2v) is 5.83. The van der Waals surface area contributed by atoms with E-state index in [9.17, 15) is 10.1 Å². The van der Waals surface area contributed by atoms with Crippen molar-refractivity contribution in [2.45, 2.75) is 32.7 Å². The van der Waals surface area contributed by atoms with Crippen molar-refractivity contribution in [3.63, 3.8) is 0 Å². The van der Waals surface area contributed by atoms with Gasteiger partial charge in [0, 0.05) is 24.7 Å². The first-order valence-electron chi connectivity index (χ1n) is 7.86. The summed E-state index contributed by atoms with van der Waals surface area (Å²) in [6, 6.07) is 7.09. The van der Waals surface area contributed by atoms with Crippen LogP contribution in [0.2, 0.25) is 0 Å². The van der Waals surface area contributed by atoms with Gasteiger partial charge in [0.1, 0.15) is 0 Å². The first-order chi connectivity index (χ1) is 10.2. The van der Waals surface area contributed by atoms with Crippen molar-refractivity contribution in [3.05, 3.63) is 39.9 Å². The molecular weight excluding hydrogens is 266 g/mol. The third-order valence-corrected chi connectivity index (χ3v) is 4.04. The van der Waals surface area contributed by atoms with Gasteiger partial charge in [0.15, 0.2) is 0 Å². The van der Waals surface area contributed by atoms with Crippen LogP contribution in [0.4, 0.5) is 5.69 Å². The lowest BCUT2D eigenvalue weighted by Gasteiger charge is -2.30. The van der Waals surface area contributed by atoms with E-state index < -0.39 is 0 Å². The van der Waals surface area contributed by atoms with Gasteiger partial charge in [-0.3, -0.25) is 15.0 Å². The van der Waals surface area contributed by atoms with E-state index in [4.69, 9.17) is 0 Å². The molecule has 1 heterocycles. The van der Waals surface area contributed by atoms with Gasteiger partial charge in [-0.1, -0.05) is 25.1 Å². The maximum absolute atomic E-state index is 11.1. The predicted octanol–water partition coefficient (Wildman–Crippen LogP) is 2.81. The van der Waals surface area contributed by atoms with Crippen LogP contribution in [0, 0.1) is 16.0 Å². The lowest BCUT2D eigenvalue weighted by molar-refractivity contribution is -0.385. The fraction of sp³-hybridized carbons (Fsp3) is 0.625. The molecule has 1 aromatic rings. The molecule has 0 amide bonds. The zero-order valence-electron chi connectivity index (χ0n) is 12.8. The predicted molar refractivity (Wildman–Crippen MR) is 84.3 cm³/mol. The Labute approximate surface area is 126 Å². The highest BCUT2D eigenvalue weighted by molar-refractivity contribution is 5.39. The van der Waals surface area contributed by atoms with E-state index >= 15 is 0 Å². The second kappa shape index (κ2) is 8.10. The average molecular weight is 291 g/mol. The van der Waals surface area contributed by atoms with Gasteiger partial charge in [-0.15, -0.1) is 0 Å². The smallest absolute Gasteiger partial charge is 0.273 e. The number of hydrogen-bond donors (Lipinski definition) is 1. The number of nitro benzene ring substituents is 1. The summed E-state index contributed by atoms with van der Waals surface area (Å²) >= 11 is 0. The summed E-state index contributed by atoms with van der Waals surface area (Å²) < 4.78 is 0. The van der Waals surface area contributed by atoms with Crippen molar-refractivity contribution in [2.75, 3.05) is 26.2 Å². The molecule has 5 heteroatoms. The fourth-order valence-electron chi connectivity index (χ4n) is 3.06. The van der Waals surface area contributed by atoms with Crippen LogP contribution in [0.1, 0.15) is 31.7 Å². The van der Waals surface area contributed by atoms with Crippen molar-refractivity contribution >= 4 is 5.69 Å². The largest absolute Gasteiger partial charge is 0.316 e. The summed E-state index contributed by atoms with van der Waals surface area (Å²) in [6.45, 7) is 7.02. The third kappa shape index (κ3) is 4.79. The number of hydrogen-bond acceptors (Lipinski definition) is 4. The number of benzene rings is 1. The normalized spacial score (nSPS) is 18.9. The minimum absolute atomic E-state index is 0.236. The van der Waals surface area contributed by atoms with Crippen molar-refractivity contribution in [1.82, 2.24) is 10.2 Å². The Balaban J connectivity index is 2.03. The van der Waals surface area contributed by atoms with E-state index in [0.29, 0.717) is 12.5 Å². The van der Waals surface area contributed by atoms with Crippen molar-refractivity contribution in [2.24, 2.45) is 5.92 Å². The Hall–Kier alpha value is -1.46. The van der Waals surface area contributed by atoms with Crippen LogP contribution < -0.4 is 5.32 Å². The maximum Gasteiger partial charge on any atom is 0.273 e. The molecule has 0 radical (unpaired) electrons. The van der Waals surface area contributed by atoms with Crippen molar-refractivity contribution in [1.29, 1.82) is 0 Å². The SMILES string of the molecule is CCCN(Cc1ccccc1[N+](=O)[O-])CC1CCCNC1. The molecule has 116 valence electrons. The van der Waals surface area contributed by atoms with Crippen molar-refractivity contribution < 1.29 is 4.92 Å². The van der Waals surface area contributed by atoms with Crippen LogP contribution in [-0.4, -0.2) is 36.0 Å². The van der Waals surface area contributed by atoms with Gasteiger partial charge >= 0.3 is 0 Å². The summed E-state index contributed by atoms with van der Waals surface area (Å²) in [5, 5.41) is 14.6. The number of nitrogens with one attached hydrogen (secondary N) is 1. The molecule has 0 spiro atoms. The van der Waals surface area contributed by atoms with Gasteiger partial charge < -0.3 is 5.32 Å². The van der Waals surface area contributed by atoms with E-state index in [0.717, 1.165) is 38.2 Å². The average Bonchev–Trinajstić information content (AvgIpc) is 2.49. The van der Waals surface area contributed by atoms with E-state index in [1.54, 1.807) is 12.1 Å². The van der Waals surface area contributed by atoms with Crippen LogP contribution in [0.3, 0.4) is 0 Å². The minimum atomic E-state index is -0.276. The first-order valence-corrected chi connectivity index (χ1v) is 7.86. The molecule has 2 rings (SSSR count). The van der Waals surface area contributed by atoms with Crippen LogP contribution in [0.5, 0.6) is 0 Å². The summed E-state index contributed by atoms with van der Waals surface area (Å²) in [6.07, 6.45) is 3.56. The molecule has 1 saturated heterocycles. The highest BCUT2D eigenvalue weighted by atomic mass is 16.6. The standard InChI is InChI=1S/C16H25N3O2/c1-2-10-18(12-14-6-5-9-17-11-14)13-15-7-3-4-8-16(15)19(20)21/h3-4,7-8,14,17H,2,5-6,9-13H2,1H3. The molecule has 1 fully saturated rings. The molecule has 21 heavy (non-hydrogen) atoms. The Kier molecular flexibility index (Phi) is 6.14. The lowest BCUT2D eigenvalue weighted by Crippen LogP contribution is -2.38. The Morgan fingerprint density at radius 2 is 2.24 bits per heavy atom. The van der Waals surface area contributed by atoms with Crippen LogP contribution in [-0.2, 0) is 6.54 Å². The first kappa shape index (κ1) is 15.9. The molecule has 0 aliphatic carbocycles. The molecule has 1 aliphatic heterocycles. The topological polar surface area (TPSA) is 58.4 Å². The lowest BCUT2D eigenvalue weighted by atomic mass is 9.98. The van der Waals surface area contributed by atoms with E-state index in [-0.39, 0.29) is 10.6 Å². The van der Waals surface area contributed by atoms with Crippen LogP contribution >= 0.6 is 0 Å². The number of nitrogens with zero attached hydrogens (tertiary/aromatic N) is 2. The highest BCUT2D eigenvalue weighted by Gasteiger charge is 2.19. The molecular formula is C16H25N3O2. The zero-order chi connectivity index (χ0) is 15.1. The van der Waals surface area contributed by atoms with Gasteiger partial charge in [-0.2, -0.15) is 0 Å². The molecule has 0 bridgehead atoms. The maximum atomic E-state index is 11.1. The molecule has 1 atom stereocenters. The minimum Gasteiger partial charge on any atom is -0.316 e. The van der Waals surface area contributed by atoms with Gasteiger partial charge in [-0.25, -0.2) is 0 Å². The molecule has 1 aromatic carbocycles. The zero-order valence-corrected chi connectivity index (χ0v) is 12.8. The van der Waals surface area contributed by atoms with E-state index in [1.807, 2.05) is 12.1 Å². The van der Waals surface area contributed by atoms with Gasteiger partial charge in [-0.05, 0) is 44.8 Å². The molecule has 1 unspecified atom stereocenters. The third-order valence-electron chi connectivity index (χ3n) is 4.04. The quantitative estimate of drug-likeness (QED) is 0.620. The van der Waals surface area contributed by atoms with Crippen LogP contribution in [0.15, 0.2) is 24.3 Å². The summed E-state index contributed by atoms with van der Waals surface area (Å²) in [5.41, 5.74) is 1.06. The number of nitro groups is 1. The van der Waals surface area contributed by atoms with Gasteiger partial charge in [0.25, 0.3) is 5.69 Å². The molecule has 0 saturated carbocycles. The number of piperidine rings is 1. The second-order valence-electron chi connectivity index (χ2n) is 5.83. The van der Waals surface area contributed by atoms with Crippen LogP contribution in [0.25, 0.3) is 0 Å². The van der Waals surface area contributed by atoms with Gasteiger partial charge in [0.2, 0.25) is 0 Å². The highest BCUT2D eigenvalue weighted by Crippen LogP contribution is 2.21. The number of rotatable bonds is 7. The molecule has 0 aromatic heterocycles. The number of para-hydroxylation sites is 1. The monoisotopic (exact) mass is 291 g/mol. The molecule has 1 N–H and O–H groups in total. The van der Waals surface area contributed by atoms with Gasteiger partial charge in [0.05, 0.1) is 4.92 Å². The summed E-state index contributed by atoms with van der Waals surface area (Å²) in [7, 11) is 0. The molecule has 1 aliphatic rings. The van der Waals surface area contributed by atoms with Crippen molar-refractivity contribution in [3.8, 4) is 0 Å². The Morgan fingerprint density at radius 1 is 1.43 bits per heavy atom. The summed E-state index contributed by atoms with van der Waals surface area (Å²) in [4.78, 5) is 13.2. The van der Waals surface area contributed by atoms with E-state index in [2.05, 4.69) is 17.1 Å². The molecule has 5 nitrogen and oxygen atoms in total. The fourth-order valence-corrected chi connectivity index (χ4v) is 3.06. The summed E-state index contributed by atoms with van der Waals surface area (Å²) in [5.74, 6) is 0.660. The Bertz CT molecular complexity index is 459. The Morgan fingerprint density at radius 3 is 2.90 bits per heavy atom. The van der Waals surface area contributed by atoms with E-state index in [1.165, 1.54) is 12.8 Å².